The maximum atomic E-state index is 10.6. The van der Waals surface area contributed by atoms with Gasteiger partial charge in [-0.15, -0.1) is 0 Å². The van der Waals surface area contributed by atoms with Crippen molar-refractivity contribution in [3.63, 3.8) is 0 Å². The second-order valence-corrected chi connectivity index (χ2v) is 10.3. The Morgan fingerprint density at radius 1 is 0.731 bits per heavy atom. The molecule has 0 saturated heterocycles. The smallest absolute Gasteiger partial charge is 0.381 e. The first-order valence-electron chi connectivity index (χ1n) is 10.3. The number of hydrogen-bond acceptors (Lipinski definition) is 3. The van der Waals surface area contributed by atoms with Crippen LogP contribution in [0.5, 0.6) is 0 Å². The Bertz CT molecular complexity index is 390. The van der Waals surface area contributed by atoms with Gasteiger partial charge in [-0.25, -0.2) is 4.57 Å². The second-order valence-electron chi connectivity index (χ2n) is 9.03. The number of phosphoric acid groups is 1. The van der Waals surface area contributed by atoms with Crippen LogP contribution in [-0.4, -0.2) is 29.6 Å². The van der Waals surface area contributed by atoms with Crippen molar-refractivity contribution in [3.8, 4) is 0 Å². The molecule has 0 radical (unpaired) electrons. The molecule has 0 fully saturated rings. The molecule has 0 aliphatic heterocycles. The fraction of sp³-hybridized carbons (Fsp3) is 1.00. The van der Waals surface area contributed by atoms with Gasteiger partial charge in [0.05, 0.1) is 6.61 Å². The Morgan fingerprint density at radius 2 is 1.19 bits per heavy atom. The lowest BCUT2D eigenvalue weighted by Crippen LogP contribution is -2.13. The van der Waals surface area contributed by atoms with Crippen molar-refractivity contribution >= 4 is 7.82 Å². The number of hydrogen-bond donors (Lipinski definition) is 2. The Hall–Kier alpha value is 0.0700. The largest absolute Gasteiger partial charge is 0.469 e. The van der Waals surface area contributed by atoms with Gasteiger partial charge in [0.1, 0.15) is 0 Å². The summed E-state index contributed by atoms with van der Waals surface area (Å²) in [5.74, 6) is 0. The van der Waals surface area contributed by atoms with Gasteiger partial charge in [-0.1, -0.05) is 53.9 Å². The van der Waals surface area contributed by atoms with Gasteiger partial charge in [-0.3, -0.25) is 4.52 Å². The Morgan fingerprint density at radius 3 is 1.65 bits per heavy atom. The van der Waals surface area contributed by atoms with Crippen LogP contribution in [0.3, 0.4) is 0 Å². The average molecular weight is 395 g/mol. The lowest BCUT2D eigenvalue weighted by molar-refractivity contribution is 0.119. The first-order chi connectivity index (χ1) is 12.0. The molecular weight excluding hydrogens is 351 g/mol. The van der Waals surface area contributed by atoms with E-state index in [1.165, 1.54) is 25.7 Å². The fourth-order valence-corrected chi connectivity index (χ4v) is 3.75. The highest BCUT2D eigenvalue weighted by atomic mass is 31.2. The maximum absolute atomic E-state index is 10.6. The fourth-order valence-electron chi connectivity index (χ4n) is 3.38. The van der Waals surface area contributed by atoms with E-state index in [1.54, 1.807) is 0 Å². The van der Waals surface area contributed by atoms with E-state index in [2.05, 4.69) is 39.1 Å². The van der Waals surface area contributed by atoms with E-state index in [0.717, 1.165) is 45.3 Å². The lowest BCUT2D eigenvalue weighted by atomic mass is 9.83. The molecule has 0 amide bonds. The van der Waals surface area contributed by atoms with Crippen molar-refractivity contribution < 1.29 is 23.6 Å². The van der Waals surface area contributed by atoms with E-state index >= 15 is 0 Å². The molecule has 158 valence electrons. The van der Waals surface area contributed by atoms with Gasteiger partial charge in [-0.05, 0) is 55.8 Å². The molecule has 0 spiro atoms. The molecular formula is C20H43O5P. The molecule has 0 aromatic rings. The molecule has 0 rings (SSSR count). The topological polar surface area (TPSA) is 76.0 Å². The minimum absolute atomic E-state index is 0.117. The van der Waals surface area contributed by atoms with Crippen molar-refractivity contribution in [3.05, 3.63) is 0 Å². The molecule has 0 saturated carbocycles. The van der Waals surface area contributed by atoms with E-state index in [-0.39, 0.29) is 12.0 Å². The van der Waals surface area contributed by atoms with E-state index in [9.17, 15) is 4.57 Å². The van der Waals surface area contributed by atoms with Crippen LogP contribution < -0.4 is 0 Å². The third-order valence-electron chi connectivity index (χ3n) is 4.97. The number of unbranched alkanes of at least 4 members (excludes halogenated alkanes) is 2. The molecule has 0 aliphatic carbocycles. The van der Waals surface area contributed by atoms with E-state index in [0.29, 0.717) is 11.8 Å². The molecule has 0 unspecified atom stereocenters. The first kappa shape index (κ1) is 26.1. The zero-order valence-corrected chi connectivity index (χ0v) is 18.7. The average Bonchev–Trinajstić information content (AvgIpc) is 2.49. The summed E-state index contributed by atoms with van der Waals surface area (Å²) < 4.78 is 20.9. The molecule has 2 N–H and O–H groups in total. The third kappa shape index (κ3) is 17.5. The van der Waals surface area contributed by atoms with Crippen LogP contribution in [0, 0.1) is 10.8 Å². The number of rotatable bonds is 17. The van der Waals surface area contributed by atoms with Gasteiger partial charge in [0.2, 0.25) is 0 Å². The molecule has 0 bridgehead atoms. The van der Waals surface area contributed by atoms with E-state index in [4.69, 9.17) is 14.5 Å². The molecule has 26 heavy (non-hydrogen) atoms. The summed E-state index contributed by atoms with van der Waals surface area (Å²) >= 11 is 0. The van der Waals surface area contributed by atoms with Crippen molar-refractivity contribution in [1.82, 2.24) is 0 Å². The second kappa shape index (κ2) is 13.3. The third-order valence-corrected chi connectivity index (χ3v) is 5.49. The molecule has 0 aromatic carbocycles. The highest BCUT2D eigenvalue weighted by molar-refractivity contribution is 7.46. The predicted molar refractivity (Wildman–Crippen MR) is 108 cm³/mol. The maximum Gasteiger partial charge on any atom is 0.469 e. The van der Waals surface area contributed by atoms with Crippen LogP contribution in [0.15, 0.2) is 0 Å². The standard InChI is InChI=1S/C20H43O5P/c1-6-12-19(2,3)13-7-9-16-24-17-10-8-14-20(4,5)15-11-18-25-26(21,22)23/h6-18H2,1-5H3,(H2,21,22,23). The summed E-state index contributed by atoms with van der Waals surface area (Å²) in [6.45, 7) is 13.2. The normalized spacial score (nSPS) is 13.3. The van der Waals surface area contributed by atoms with Crippen LogP contribution in [0.2, 0.25) is 0 Å². The molecule has 0 aliphatic rings. The highest BCUT2D eigenvalue weighted by Crippen LogP contribution is 2.37. The van der Waals surface area contributed by atoms with Crippen molar-refractivity contribution in [1.29, 1.82) is 0 Å². The van der Waals surface area contributed by atoms with Crippen LogP contribution in [0.1, 0.15) is 98.8 Å². The van der Waals surface area contributed by atoms with Gasteiger partial charge in [0.25, 0.3) is 0 Å². The number of phosphoric ester groups is 1. The van der Waals surface area contributed by atoms with Gasteiger partial charge in [0.15, 0.2) is 0 Å². The SMILES string of the molecule is CCCC(C)(C)CCCCOCCCCC(C)(C)CCCOP(=O)(O)O. The van der Waals surface area contributed by atoms with Crippen LogP contribution in [0.25, 0.3) is 0 Å². The Balaban J connectivity index is 3.54. The molecule has 0 atom stereocenters. The first-order valence-corrected chi connectivity index (χ1v) is 11.8. The zero-order chi connectivity index (χ0) is 20.1. The van der Waals surface area contributed by atoms with Gasteiger partial charge in [-0.2, -0.15) is 0 Å². The Labute approximate surface area is 161 Å². The van der Waals surface area contributed by atoms with Crippen LogP contribution in [0.4, 0.5) is 0 Å². The molecule has 0 heterocycles. The van der Waals surface area contributed by atoms with Crippen LogP contribution in [-0.2, 0) is 13.8 Å². The zero-order valence-electron chi connectivity index (χ0n) is 17.8. The quantitative estimate of drug-likeness (QED) is 0.231. The summed E-state index contributed by atoms with van der Waals surface area (Å²) in [5.41, 5.74) is 0.639. The summed E-state index contributed by atoms with van der Waals surface area (Å²) in [6.07, 6.45) is 11.1. The van der Waals surface area contributed by atoms with Crippen molar-refractivity contribution in [2.75, 3.05) is 19.8 Å². The highest BCUT2D eigenvalue weighted by Gasteiger charge is 2.19. The van der Waals surface area contributed by atoms with Gasteiger partial charge < -0.3 is 14.5 Å². The lowest BCUT2D eigenvalue weighted by Gasteiger charge is -2.24. The van der Waals surface area contributed by atoms with E-state index < -0.39 is 7.82 Å². The summed E-state index contributed by atoms with van der Waals surface area (Å²) in [6, 6.07) is 0. The summed E-state index contributed by atoms with van der Waals surface area (Å²) in [7, 11) is -4.32. The van der Waals surface area contributed by atoms with Crippen LogP contribution >= 0.6 is 7.82 Å². The number of ether oxygens (including phenoxy) is 1. The van der Waals surface area contributed by atoms with Gasteiger partial charge in [0, 0.05) is 13.2 Å². The monoisotopic (exact) mass is 394 g/mol. The van der Waals surface area contributed by atoms with E-state index in [1.807, 2.05) is 0 Å². The predicted octanol–water partition coefficient (Wildman–Crippen LogP) is 6.09. The van der Waals surface area contributed by atoms with Crippen molar-refractivity contribution in [2.24, 2.45) is 10.8 Å². The summed E-state index contributed by atoms with van der Waals surface area (Å²) in [4.78, 5) is 17.3. The molecule has 6 heteroatoms. The summed E-state index contributed by atoms with van der Waals surface area (Å²) in [5, 5.41) is 0. The van der Waals surface area contributed by atoms with Gasteiger partial charge >= 0.3 is 7.82 Å². The minimum Gasteiger partial charge on any atom is -0.381 e. The molecule has 0 aromatic heterocycles. The molecule has 5 nitrogen and oxygen atoms in total. The minimum atomic E-state index is -4.32. The van der Waals surface area contributed by atoms with Crippen molar-refractivity contribution in [2.45, 2.75) is 98.8 Å². The Kier molecular flexibility index (Phi) is 13.3.